The average molecular weight is 345 g/mol. The van der Waals surface area contributed by atoms with Gasteiger partial charge in [-0.25, -0.2) is 0 Å². The molecular formula is C14H21BrN2OS. The zero-order valence-corrected chi connectivity index (χ0v) is 14.0. The number of carbonyl (C=O) groups is 1. The summed E-state index contributed by atoms with van der Waals surface area (Å²) in [6, 6.07) is 4.27. The Kier molecular flexibility index (Phi) is 5.42. The van der Waals surface area contributed by atoms with Crippen LogP contribution in [-0.4, -0.2) is 41.9 Å². The van der Waals surface area contributed by atoms with Crippen molar-refractivity contribution in [3.8, 4) is 0 Å². The van der Waals surface area contributed by atoms with Gasteiger partial charge in [0.25, 0.3) is 0 Å². The topological polar surface area (TPSA) is 23.6 Å². The largest absolute Gasteiger partial charge is 0.340 e. The van der Waals surface area contributed by atoms with Gasteiger partial charge in [0.15, 0.2) is 0 Å². The summed E-state index contributed by atoms with van der Waals surface area (Å²) < 4.78 is 1.19. The smallest absolute Gasteiger partial charge is 0.222 e. The van der Waals surface area contributed by atoms with Crippen molar-refractivity contribution in [1.29, 1.82) is 0 Å². The highest BCUT2D eigenvalue weighted by Crippen LogP contribution is 2.23. The van der Waals surface area contributed by atoms with Gasteiger partial charge in [-0.1, -0.05) is 13.8 Å². The second-order valence-electron chi connectivity index (χ2n) is 5.46. The first kappa shape index (κ1) is 15.0. The molecule has 106 valence electrons. The van der Waals surface area contributed by atoms with E-state index in [4.69, 9.17) is 0 Å². The molecule has 0 aromatic carbocycles. The second-order valence-corrected chi connectivity index (χ2v) is 8.01. The van der Waals surface area contributed by atoms with E-state index >= 15 is 0 Å². The van der Waals surface area contributed by atoms with E-state index in [1.807, 2.05) is 4.90 Å². The van der Waals surface area contributed by atoms with Crippen LogP contribution in [0.4, 0.5) is 0 Å². The molecule has 0 radical (unpaired) electrons. The maximum atomic E-state index is 12.0. The van der Waals surface area contributed by atoms with E-state index in [1.165, 1.54) is 8.66 Å². The summed E-state index contributed by atoms with van der Waals surface area (Å²) >= 11 is 5.29. The van der Waals surface area contributed by atoms with Crippen LogP contribution in [0.5, 0.6) is 0 Å². The lowest BCUT2D eigenvalue weighted by Gasteiger charge is -2.34. The number of carbonyl (C=O) groups excluding carboxylic acids is 1. The molecule has 1 aliphatic rings. The third kappa shape index (κ3) is 4.58. The minimum absolute atomic E-state index is 0.313. The van der Waals surface area contributed by atoms with Gasteiger partial charge in [-0.2, -0.15) is 0 Å². The third-order valence-corrected chi connectivity index (χ3v) is 4.92. The van der Waals surface area contributed by atoms with Gasteiger partial charge in [-0.05, 0) is 34.0 Å². The molecule has 0 spiro atoms. The van der Waals surface area contributed by atoms with E-state index in [9.17, 15) is 4.79 Å². The second kappa shape index (κ2) is 6.86. The zero-order chi connectivity index (χ0) is 13.8. The van der Waals surface area contributed by atoms with Gasteiger partial charge in [0.2, 0.25) is 5.91 Å². The quantitative estimate of drug-likeness (QED) is 0.837. The number of halogens is 1. The van der Waals surface area contributed by atoms with Gasteiger partial charge in [0.05, 0.1) is 3.79 Å². The monoisotopic (exact) mass is 344 g/mol. The standard InChI is InChI=1S/C14H21BrN2OS/c1-11(2)9-14(18)17-7-5-16(6-8-17)10-12-3-4-13(15)19-12/h3-4,11H,5-10H2,1-2H3. The van der Waals surface area contributed by atoms with Crippen LogP contribution in [0, 0.1) is 5.92 Å². The maximum Gasteiger partial charge on any atom is 0.222 e. The number of hydrogen-bond acceptors (Lipinski definition) is 3. The van der Waals surface area contributed by atoms with Crippen molar-refractivity contribution in [2.75, 3.05) is 26.2 Å². The van der Waals surface area contributed by atoms with Gasteiger partial charge >= 0.3 is 0 Å². The molecule has 0 N–H and O–H groups in total. The molecule has 0 aliphatic carbocycles. The predicted octanol–water partition coefficient (Wildman–Crippen LogP) is 3.20. The Morgan fingerprint density at radius 3 is 2.53 bits per heavy atom. The molecule has 19 heavy (non-hydrogen) atoms. The molecular weight excluding hydrogens is 324 g/mol. The summed E-state index contributed by atoms with van der Waals surface area (Å²) in [5.74, 6) is 0.766. The molecule has 0 unspecified atom stereocenters. The van der Waals surface area contributed by atoms with Crippen LogP contribution in [0.2, 0.25) is 0 Å². The van der Waals surface area contributed by atoms with Gasteiger partial charge in [0, 0.05) is 44.0 Å². The number of piperazine rings is 1. The van der Waals surface area contributed by atoms with Crippen LogP contribution in [-0.2, 0) is 11.3 Å². The van der Waals surface area contributed by atoms with Crippen LogP contribution >= 0.6 is 27.3 Å². The van der Waals surface area contributed by atoms with E-state index in [0.717, 1.165) is 32.7 Å². The van der Waals surface area contributed by atoms with Gasteiger partial charge in [-0.3, -0.25) is 9.69 Å². The average Bonchev–Trinajstić information content (AvgIpc) is 2.75. The van der Waals surface area contributed by atoms with E-state index in [-0.39, 0.29) is 0 Å². The molecule has 1 fully saturated rings. The van der Waals surface area contributed by atoms with Crippen LogP contribution in [0.1, 0.15) is 25.1 Å². The van der Waals surface area contributed by atoms with Crippen LogP contribution in [0.15, 0.2) is 15.9 Å². The fourth-order valence-corrected chi connectivity index (χ4v) is 3.82. The molecule has 1 aromatic rings. The van der Waals surface area contributed by atoms with Gasteiger partial charge in [0.1, 0.15) is 0 Å². The molecule has 0 saturated carbocycles. The van der Waals surface area contributed by atoms with E-state index < -0.39 is 0 Å². The first-order valence-electron chi connectivity index (χ1n) is 6.79. The fourth-order valence-electron chi connectivity index (χ4n) is 2.29. The highest BCUT2D eigenvalue weighted by atomic mass is 79.9. The normalized spacial score (nSPS) is 17.2. The molecule has 3 nitrogen and oxygen atoms in total. The summed E-state index contributed by atoms with van der Waals surface area (Å²) in [6.07, 6.45) is 0.678. The predicted molar refractivity (Wildman–Crippen MR) is 83.3 cm³/mol. The summed E-state index contributed by atoms with van der Waals surface area (Å²) in [5, 5.41) is 0. The minimum atomic E-state index is 0.313. The third-order valence-electron chi connectivity index (χ3n) is 3.32. The highest BCUT2D eigenvalue weighted by molar-refractivity contribution is 9.11. The van der Waals surface area contributed by atoms with Crippen molar-refractivity contribution in [3.05, 3.63) is 20.8 Å². The minimum Gasteiger partial charge on any atom is -0.340 e. The highest BCUT2D eigenvalue weighted by Gasteiger charge is 2.21. The molecule has 5 heteroatoms. The van der Waals surface area contributed by atoms with Crippen molar-refractivity contribution < 1.29 is 4.79 Å². The molecule has 1 amide bonds. The SMILES string of the molecule is CC(C)CC(=O)N1CCN(Cc2ccc(Br)s2)CC1. The zero-order valence-electron chi connectivity index (χ0n) is 11.6. The molecule has 0 bridgehead atoms. The Morgan fingerprint density at radius 1 is 1.32 bits per heavy atom. The summed E-state index contributed by atoms with van der Waals surface area (Å²) in [4.78, 5) is 17.8. The Hall–Kier alpha value is -0.390. The maximum absolute atomic E-state index is 12.0. The van der Waals surface area contributed by atoms with E-state index in [0.29, 0.717) is 18.2 Å². The van der Waals surface area contributed by atoms with Crippen LogP contribution < -0.4 is 0 Å². The lowest BCUT2D eigenvalue weighted by atomic mass is 10.1. The van der Waals surface area contributed by atoms with Crippen molar-refractivity contribution in [3.63, 3.8) is 0 Å². The lowest BCUT2D eigenvalue weighted by Crippen LogP contribution is -2.48. The molecule has 1 saturated heterocycles. The molecule has 1 aromatic heterocycles. The fraction of sp³-hybridized carbons (Fsp3) is 0.643. The van der Waals surface area contributed by atoms with Gasteiger partial charge < -0.3 is 4.90 Å². The number of amides is 1. The Labute approximate surface area is 127 Å². The van der Waals surface area contributed by atoms with Gasteiger partial charge in [-0.15, -0.1) is 11.3 Å². The number of rotatable bonds is 4. The number of hydrogen-bond donors (Lipinski definition) is 0. The number of nitrogens with zero attached hydrogens (tertiary/aromatic N) is 2. The van der Waals surface area contributed by atoms with Crippen molar-refractivity contribution in [1.82, 2.24) is 9.80 Å². The van der Waals surface area contributed by atoms with Crippen molar-refractivity contribution >= 4 is 33.2 Å². The van der Waals surface area contributed by atoms with Crippen LogP contribution in [0.25, 0.3) is 0 Å². The first-order valence-corrected chi connectivity index (χ1v) is 8.40. The van der Waals surface area contributed by atoms with Crippen molar-refractivity contribution in [2.45, 2.75) is 26.8 Å². The molecule has 2 heterocycles. The Morgan fingerprint density at radius 2 is 2.00 bits per heavy atom. The lowest BCUT2D eigenvalue weighted by molar-refractivity contribution is -0.133. The molecule has 1 aliphatic heterocycles. The van der Waals surface area contributed by atoms with E-state index in [2.05, 4.69) is 46.8 Å². The summed E-state index contributed by atoms with van der Waals surface area (Å²) in [7, 11) is 0. The molecule has 2 rings (SSSR count). The van der Waals surface area contributed by atoms with Crippen LogP contribution in [0.3, 0.4) is 0 Å². The van der Waals surface area contributed by atoms with E-state index in [1.54, 1.807) is 11.3 Å². The number of thiophene rings is 1. The van der Waals surface area contributed by atoms with Crippen molar-refractivity contribution in [2.24, 2.45) is 5.92 Å². The summed E-state index contributed by atoms with van der Waals surface area (Å²) in [6.45, 7) is 8.92. The summed E-state index contributed by atoms with van der Waals surface area (Å²) in [5.41, 5.74) is 0. The Balaban J connectivity index is 1.77. The molecule has 0 atom stereocenters. The Bertz CT molecular complexity index is 425. The first-order chi connectivity index (χ1) is 9.04.